The van der Waals surface area contributed by atoms with Crippen LogP contribution in [0.25, 0.3) is 0 Å². The van der Waals surface area contributed by atoms with Crippen LogP contribution in [0.3, 0.4) is 0 Å². The molecular weight excluding hydrogens is 332 g/mol. The van der Waals surface area contributed by atoms with Crippen LogP contribution in [0.4, 0.5) is 0 Å². The number of carbonyl (C=O) groups is 1. The number of carboxylic acids is 1. The molecule has 0 bridgehead atoms. The van der Waals surface area contributed by atoms with Gasteiger partial charge in [0.2, 0.25) is 0 Å². The summed E-state index contributed by atoms with van der Waals surface area (Å²) in [6.45, 7) is 4.78. The molecule has 2 aromatic carbocycles. The predicted octanol–water partition coefficient (Wildman–Crippen LogP) is 5.35. The smallest absolute Gasteiger partial charge is 0.345 e. The first-order valence-electron chi connectivity index (χ1n) is 8.06. The molecule has 25 heavy (non-hydrogen) atoms. The summed E-state index contributed by atoms with van der Waals surface area (Å²) in [7, 11) is 0. The van der Waals surface area contributed by atoms with Gasteiger partial charge < -0.3 is 9.84 Å². The zero-order valence-corrected chi connectivity index (χ0v) is 15.0. The second-order valence-corrected chi connectivity index (χ2v) is 7.34. The lowest BCUT2D eigenvalue weighted by Gasteiger charge is -2.26. The van der Waals surface area contributed by atoms with Gasteiger partial charge in [-0.2, -0.15) is 0 Å². The molecule has 0 aliphatic carbocycles. The molecule has 0 unspecified atom stereocenters. The SMILES string of the molecule is CC(C)(c1ccccc1)c1ccc(OCc2csc(C(=O)O)c2)cc1. The third kappa shape index (κ3) is 3.91. The first kappa shape index (κ1) is 17.2. The monoisotopic (exact) mass is 352 g/mol. The van der Waals surface area contributed by atoms with Crippen molar-refractivity contribution in [1.29, 1.82) is 0 Å². The van der Waals surface area contributed by atoms with Crippen LogP contribution in [0, 0.1) is 0 Å². The van der Waals surface area contributed by atoms with Crippen molar-refractivity contribution in [2.24, 2.45) is 0 Å². The molecule has 3 nitrogen and oxygen atoms in total. The van der Waals surface area contributed by atoms with Gasteiger partial charge in [0, 0.05) is 11.0 Å². The Kier molecular flexibility index (Phi) is 4.91. The Hall–Kier alpha value is -2.59. The Labute approximate surface area is 151 Å². The standard InChI is InChI=1S/C21H20O3S/c1-21(2,16-6-4-3-5-7-16)17-8-10-18(11-9-17)24-13-15-12-19(20(22)23)25-14-15/h3-12,14H,13H2,1-2H3,(H,22,23). The van der Waals surface area contributed by atoms with Crippen molar-refractivity contribution < 1.29 is 14.6 Å². The number of thiophene rings is 1. The fraction of sp³-hybridized carbons (Fsp3) is 0.190. The van der Waals surface area contributed by atoms with E-state index in [-0.39, 0.29) is 5.41 Å². The minimum Gasteiger partial charge on any atom is -0.489 e. The number of benzene rings is 2. The van der Waals surface area contributed by atoms with Gasteiger partial charge >= 0.3 is 5.97 Å². The second kappa shape index (κ2) is 7.11. The minimum atomic E-state index is -0.899. The van der Waals surface area contributed by atoms with Gasteiger partial charge in [-0.15, -0.1) is 11.3 Å². The van der Waals surface area contributed by atoms with Crippen molar-refractivity contribution in [3.63, 3.8) is 0 Å². The van der Waals surface area contributed by atoms with E-state index in [9.17, 15) is 4.79 Å². The van der Waals surface area contributed by atoms with Gasteiger partial charge in [0.15, 0.2) is 0 Å². The molecule has 0 aliphatic heterocycles. The Morgan fingerprint density at radius 1 is 1.04 bits per heavy atom. The maximum atomic E-state index is 10.9. The summed E-state index contributed by atoms with van der Waals surface area (Å²) < 4.78 is 5.77. The van der Waals surface area contributed by atoms with Gasteiger partial charge in [-0.3, -0.25) is 0 Å². The normalized spacial score (nSPS) is 11.3. The van der Waals surface area contributed by atoms with Crippen molar-refractivity contribution in [3.8, 4) is 5.75 Å². The lowest BCUT2D eigenvalue weighted by atomic mass is 9.78. The molecule has 0 aliphatic rings. The molecule has 0 atom stereocenters. The topological polar surface area (TPSA) is 46.5 Å². The Bertz CT molecular complexity index is 848. The molecule has 0 fully saturated rings. The number of hydrogen-bond donors (Lipinski definition) is 1. The van der Waals surface area contributed by atoms with Crippen molar-refractivity contribution in [1.82, 2.24) is 0 Å². The highest BCUT2D eigenvalue weighted by molar-refractivity contribution is 7.12. The minimum absolute atomic E-state index is 0.0798. The van der Waals surface area contributed by atoms with Gasteiger partial charge in [-0.05, 0) is 34.7 Å². The van der Waals surface area contributed by atoms with Crippen molar-refractivity contribution in [2.75, 3.05) is 0 Å². The van der Waals surface area contributed by atoms with Gasteiger partial charge in [0.25, 0.3) is 0 Å². The molecule has 1 N–H and O–H groups in total. The van der Waals surface area contributed by atoms with E-state index >= 15 is 0 Å². The fourth-order valence-electron chi connectivity index (χ4n) is 2.72. The average Bonchev–Trinajstić information content (AvgIpc) is 3.10. The van der Waals surface area contributed by atoms with E-state index in [1.165, 1.54) is 22.5 Å². The van der Waals surface area contributed by atoms with E-state index in [1.54, 1.807) is 6.07 Å². The maximum absolute atomic E-state index is 10.9. The molecule has 0 amide bonds. The summed E-state index contributed by atoms with van der Waals surface area (Å²) in [5.41, 5.74) is 3.28. The molecule has 4 heteroatoms. The summed E-state index contributed by atoms with van der Waals surface area (Å²) in [5, 5.41) is 10.8. The fourth-order valence-corrected chi connectivity index (χ4v) is 3.45. The lowest BCUT2D eigenvalue weighted by Crippen LogP contribution is -2.18. The van der Waals surface area contributed by atoms with Crippen molar-refractivity contribution in [3.05, 3.63) is 87.6 Å². The number of ether oxygens (including phenoxy) is 1. The lowest BCUT2D eigenvalue weighted by molar-refractivity contribution is 0.0702. The van der Waals surface area contributed by atoms with Gasteiger partial charge in [-0.25, -0.2) is 4.79 Å². The van der Waals surface area contributed by atoms with Crippen LogP contribution in [0.1, 0.15) is 40.2 Å². The summed E-state index contributed by atoms with van der Waals surface area (Å²) in [6.07, 6.45) is 0. The maximum Gasteiger partial charge on any atom is 0.345 e. The van der Waals surface area contributed by atoms with Crippen LogP contribution in [0.15, 0.2) is 66.0 Å². The van der Waals surface area contributed by atoms with Crippen LogP contribution in [-0.2, 0) is 12.0 Å². The van der Waals surface area contributed by atoms with E-state index < -0.39 is 5.97 Å². The van der Waals surface area contributed by atoms with E-state index in [0.717, 1.165) is 11.3 Å². The molecule has 3 rings (SSSR count). The van der Waals surface area contributed by atoms with E-state index in [4.69, 9.17) is 9.84 Å². The van der Waals surface area contributed by atoms with Gasteiger partial charge in [-0.1, -0.05) is 56.3 Å². The first-order valence-corrected chi connectivity index (χ1v) is 8.94. The third-order valence-corrected chi connectivity index (χ3v) is 5.31. The molecule has 1 heterocycles. The highest BCUT2D eigenvalue weighted by atomic mass is 32.1. The highest BCUT2D eigenvalue weighted by Gasteiger charge is 2.22. The van der Waals surface area contributed by atoms with E-state index in [0.29, 0.717) is 11.5 Å². The summed E-state index contributed by atoms with van der Waals surface area (Å²) in [5.74, 6) is -0.126. The molecule has 0 radical (unpaired) electrons. The second-order valence-electron chi connectivity index (χ2n) is 6.43. The average molecular weight is 352 g/mol. The molecule has 1 aromatic heterocycles. The predicted molar refractivity (Wildman–Crippen MR) is 101 cm³/mol. The molecule has 3 aromatic rings. The third-order valence-electron chi connectivity index (χ3n) is 4.34. The highest BCUT2D eigenvalue weighted by Crippen LogP contribution is 2.32. The number of aromatic carboxylic acids is 1. The number of carboxylic acid groups (broad SMARTS) is 1. The zero-order valence-electron chi connectivity index (χ0n) is 14.2. The molecule has 0 spiro atoms. The Morgan fingerprint density at radius 3 is 2.28 bits per heavy atom. The first-order chi connectivity index (χ1) is 12.0. The van der Waals surface area contributed by atoms with E-state index in [2.05, 4.69) is 50.2 Å². The summed E-state index contributed by atoms with van der Waals surface area (Å²) in [4.78, 5) is 11.2. The van der Waals surface area contributed by atoms with Crippen molar-refractivity contribution >= 4 is 17.3 Å². The zero-order chi connectivity index (χ0) is 17.9. The van der Waals surface area contributed by atoms with Crippen LogP contribution in [-0.4, -0.2) is 11.1 Å². The van der Waals surface area contributed by atoms with Crippen LogP contribution >= 0.6 is 11.3 Å². The van der Waals surface area contributed by atoms with Crippen molar-refractivity contribution in [2.45, 2.75) is 25.9 Å². The molecule has 0 saturated carbocycles. The van der Waals surface area contributed by atoms with E-state index in [1.807, 2.05) is 23.6 Å². The number of rotatable bonds is 6. The quantitative estimate of drug-likeness (QED) is 0.650. The summed E-state index contributed by atoms with van der Waals surface area (Å²) in [6, 6.07) is 20.2. The Morgan fingerprint density at radius 2 is 1.68 bits per heavy atom. The Balaban J connectivity index is 1.68. The van der Waals surface area contributed by atoms with Gasteiger partial charge in [0.05, 0.1) is 0 Å². The largest absolute Gasteiger partial charge is 0.489 e. The molecule has 0 saturated heterocycles. The van der Waals surface area contributed by atoms with Crippen LogP contribution in [0.2, 0.25) is 0 Å². The van der Waals surface area contributed by atoms with Crippen LogP contribution < -0.4 is 4.74 Å². The van der Waals surface area contributed by atoms with Crippen LogP contribution in [0.5, 0.6) is 5.75 Å². The molecule has 128 valence electrons. The summed E-state index contributed by atoms with van der Waals surface area (Å²) >= 11 is 1.22. The molecular formula is C21H20O3S. The van der Waals surface area contributed by atoms with Gasteiger partial charge in [0.1, 0.15) is 17.2 Å². The number of hydrogen-bond acceptors (Lipinski definition) is 3.